The van der Waals surface area contributed by atoms with Gasteiger partial charge in [0.05, 0.1) is 7.11 Å². The van der Waals surface area contributed by atoms with Crippen LogP contribution in [0.3, 0.4) is 0 Å². The number of methoxy groups -OCH3 is 1. The number of hydrogen-bond acceptors (Lipinski definition) is 6. The molecule has 1 N–H and O–H groups in total. The van der Waals surface area contributed by atoms with E-state index < -0.39 is 39.6 Å². The van der Waals surface area contributed by atoms with Crippen molar-refractivity contribution in [3.05, 3.63) is 83.6 Å². The Morgan fingerprint density at radius 1 is 1.13 bits per heavy atom. The Kier molecular flexibility index (Phi) is 8.44. The Balaban J connectivity index is 1.48. The summed E-state index contributed by atoms with van der Waals surface area (Å²) < 4.78 is 61.7. The average Bonchev–Trinajstić information content (AvgIpc) is 3.35. The SMILES string of the molecule is COc1ccc(N(C)C(=O)[C@@H](CCC(=O)NS(=O)(=O)N2CCc3cccnc32)Cc2cc(F)cc(F)c2)cc1. The molecule has 1 atom stereocenters. The zero-order chi connectivity index (χ0) is 28.2. The van der Waals surface area contributed by atoms with Crippen molar-refractivity contribution in [2.75, 3.05) is 29.9 Å². The molecule has 0 bridgehead atoms. The molecule has 1 aliphatic rings. The lowest BCUT2D eigenvalue weighted by molar-refractivity contribution is -0.123. The molecule has 0 aliphatic carbocycles. The van der Waals surface area contributed by atoms with Crippen LogP contribution in [0.2, 0.25) is 0 Å². The molecular weight excluding hydrogens is 530 g/mol. The Labute approximate surface area is 225 Å². The highest BCUT2D eigenvalue weighted by atomic mass is 32.2. The molecule has 4 rings (SSSR count). The van der Waals surface area contributed by atoms with Crippen LogP contribution >= 0.6 is 0 Å². The van der Waals surface area contributed by atoms with Gasteiger partial charge in [-0.05, 0) is 72.9 Å². The standard InChI is InChI=1S/C27H28F2N4O5S/c1-32(23-6-8-24(38-2)9-7-23)27(35)20(14-18-15-21(28)17-22(29)16-18)5-10-25(34)31-39(36,37)33-13-11-19-4-3-12-30-26(19)33/h3-4,6-9,12,15-17,20H,5,10-11,13-14H2,1-2H3,(H,31,34)/t20-/m0/s1. The molecule has 0 unspecified atom stereocenters. The number of amides is 2. The van der Waals surface area contributed by atoms with Crippen LogP contribution in [-0.2, 0) is 32.6 Å². The predicted octanol–water partition coefficient (Wildman–Crippen LogP) is 3.39. The molecule has 0 radical (unpaired) electrons. The minimum atomic E-state index is -4.21. The molecule has 2 amide bonds. The number of carbonyl (C=O) groups is 2. The lowest BCUT2D eigenvalue weighted by atomic mass is 9.93. The van der Waals surface area contributed by atoms with Crippen molar-refractivity contribution in [1.82, 2.24) is 9.71 Å². The summed E-state index contributed by atoms with van der Waals surface area (Å²) in [5.74, 6) is -2.81. The van der Waals surface area contributed by atoms with Crippen molar-refractivity contribution < 1.29 is 31.5 Å². The molecule has 3 aromatic rings. The predicted molar refractivity (Wildman–Crippen MR) is 142 cm³/mol. The molecule has 206 valence electrons. The van der Waals surface area contributed by atoms with Crippen molar-refractivity contribution in [1.29, 1.82) is 0 Å². The summed E-state index contributed by atoms with van der Waals surface area (Å²) in [7, 11) is -1.15. The highest BCUT2D eigenvalue weighted by molar-refractivity contribution is 7.91. The van der Waals surface area contributed by atoms with E-state index in [1.54, 1.807) is 43.4 Å². The zero-order valence-corrected chi connectivity index (χ0v) is 22.2. The minimum Gasteiger partial charge on any atom is -0.497 e. The number of benzene rings is 2. The third-order valence-corrected chi connectivity index (χ3v) is 7.91. The van der Waals surface area contributed by atoms with E-state index in [0.717, 1.165) is 28.1 Å². The first-order valence-corrected chi connectivity index (χ1v) is 13.6. The summed E-state index contributed by atoms with van der Waals surface area (Å²) >= 11 is 0. The van der Waals surface area contributed by atoms with Crippen molar-refractivity contribution in [3.8, 4) is 5.75 Å². The van der Waals surface area contributed by atoms with Crippen molar-refractivity contribution in [2.24, 2.45) is 5.92 Å². The van der Waals surface area contributed by atoms with Gasteiger partial charge in [-0.2, -0.15) is 8.42 Å². The Bertz CT molecular complexity index is 1450. The number of nitrogens with one attached hydrogen (secondary N) is 1. The number of fused-ring (bicyclic) bond motifs is 1. The average molecular weight is 559 g/mol. The third kappa shape index (κ3) is 6.69. The van der Waals surface area contributed by atoms with E-state index in [0.29, 0.717) is 17.9 Å². The topological polar surface area (TPSA) is 109 Å². The number of aromatic nitrogens is 1. The second kappa shape index (κ2) is 11.8. The van der Waals surface area contributed by atoms with E-state index in [1.165, 1.54) is 18.2 Å². The maximum Gasteiger partial charge on any atom is 0.327 e. The monoisotopic (exact) mass is 558 g/mol. The van der Waals surface area contributed by atoms with E-state index in [4.69, 9.17) is 4.74 Å². The number of carbonyl (C=O) groups excluding carboxylic acids is 2. The van der Waals surface area contributed by atoms with Crippen LogP contribution in [0.15, 0.2) is 60.8 Å². The molecule has 0 fully saturated rings. The van der Waals surface area contributed by atoms with Crippen LogP contribution in [0.4, 0.5) is 20.3 Å². The van der Waals surface area contributed by atoms with Gasteiger partial charge in [0.25, 0.3) is 0 Å². The van der Waals surface area contributed by atoms with Gasteiger partial charge in [0.1, 0.15) is 23.2 Å². The van der Waals surface area contributed by atoms with Crippen LogP contribution in [0.25, 0.3) is 0 Å². The van der Waals surface area contributed by atoms with Crippen LogP contribution < -0.4 is 18.7 Å². The van der Waals surface area contributed by atoms with Crippen LogP contribution in [-0.4, -0.2) is 45.9 Å². The maximum atomic E-state index is 13.8. The first-order valence-electron chi connectivity index (χ1n) is 12.2. The lowest BCUT2D eigenvalue weighted by Gasteiger charge is -2.24. The minimum absolute atomic E-state index is 0.0581. The van der Waals surface area contributed by atoms with Crippen LogP contribution in [0.5, 0.6) is 5.75 Å². The molecule has 0 spiro atoms. The number of nitrogens with zero attached hydrogens (tertiary/aromatic N) is 3. The van der Waals surface area contributed by atoms with E-state index >= 15 is 0 Å². The molecule has 2 heterocycles. The molecule has 0 saturated heterocycles. The summed E-state index contributed by atoms with van der Waals surface area (Å²) in [4.78, 5) is 31.7. The number of anilines is 2. The first kappa shape index (κ1) is 28.0. The van der Waals surface area contributed by atoms with Gasteiger partial charge in [-0.15, -0.1) is 0 Å². The van der Waals surface area contributed by atoms with Gasteiger partial charge in [-0.3, -0.25) is 9.59 Å². The molecular formula is C27H28F2N4O5S. The fourth-order valence-electron chi connectivity index (χ4n) is 4.50. The fourth-order valence-corrected chi connectivity index (χ4v) is 5.72. The largest absolute Gasteiger partial charge is 0.497 e. The van der Waals surface area contributed by atoms with E-state index in [9.17, 15) is 26.8 Å². The maximum absolute atomic E-state index is 13.8. The number of pyridine rings is 1. The van der Waals surface area contributed by atoms with E-state index in [1.807, 2.05) is 4.72 Å². The Morgan fingerprint density at radius 3 is 2.49 bits per heavy atom. The summed E-state index contributed by atoms with van der Waals surface area (Å²) in [6.07, 6.45) is 1.51. The molecule has 9 nitrogen and oxygen atoms in total. The smallest absolute Gasteiger partial charge is 0.327 e. The highest BCUT2D eigenvalue weighted by Gasteiger charge is 2.32. The molecule has 0 saturated carbocycles. The normalized spacial score (nSPS) is 13.5. The fraction of sp³-hybridized carbons (Fsp3) is 0.296. The quantitative estimate of drug-likeness (QED) is 0.409. The van der Waals surface area contributed by atoms with Crippen molar-refractivity contribution >= 4 is 33.5 Å². The molecule has 1 aliphatic heterocycles. The summed E-state index contributed by atoms with van der Waals surface area (Å²) in [6, 6.07) is 13.2. The number of ether oxygens (including phenoxy) is 1. The van der Waals surface area contributed by atoms with Gasteiger partial charge in [-0.25, -0.2) is 22.8 Å². The van der Waals surface area contributed by atoms with E-state index in [2.05, 4.69) is 4.98 Å². The number of halogens is 2. The zero-order valence-electron chi connectivity index (χ0n) is 21.4. The lowest BCUT2D eigenvalue weighted by Crippen LogP contribution is -2.43. The first-order chi connectivity index (χ1) is 18.6. The van der Waals surface area contributed by atoms with Crippen LogP contribution in [0.1, 0.15) is 24.0 Å². The molecule has 39 heavy (non-hydrogen) atoms. The van der Waals surface area contributed by atoms with Gasteiger partial charge < -0.3 is 9.64 Å². The summed E-state index contributed by atoms with van der Waals surface area (Å²) in [5, 5.41) is 0. The Morgan fingerprint density at radius 2 is 1.82 bits per heavy atom. The second-order valence-electron chi connectivity index (χ2n) is 9.15. The molecule has 2 aromatic carbocycles. The highest BCUT2D eigenvalue weighted by Crippen LogP contribution is 2.27. The second-order valence-corrected chi connectivity index (χ2v) is 10.7. The molecule has 12 heteroatoms. The van der Waals surface area contributed by atoms with Gasteiger partial charge in [0, 0.05) is 43.9 Å². The Hall–Kier alpha value is -4.06. The van der Waals surface area contributed by atoms with Gasteiger partial charge >= 0.3 is 10.2 Å². The van der Waals surface area contributed by atoms with Crippen molar-refractivity contribution in [2.45, 2.75) is 25.7 Å². The van der Waals surface area contributed by atoms with Crippen molar-refractivity contribution in [3.63, 3.8) is 0 Å². The summed E-state index contributed by atoms with van der Waals surface area (Å²) in [6.45, 7) is 0.147. The third-order valence-electron chi connectivity index (χ3n) is 6.48. The van der Waals surface area contributed by atoms with Gasteiger partial charge in [0.15, 0.2) is 0 Å². The van der Waals surface area contributed by atoms with Crippen LogP contribution in [0, 0.1) is 17.6 Å². The van der Waals surface area contributed by atoms with Gasteiger partial charge in [0.2, 0.25) is 11.8 Å². The number of hydrogen-bond donors (Lipinski definition) is 1. The van der Waals surface area contributed by atoms with E-state index in [-0.39, 0.29) is 37.2 Å². The number of rotatable bonds is 10. The van der Waals surface area contributed by atoms with Gasteiger partial charge in [-0.1, -0.05) is 6.07 Å². The summed E-state index contributed by atoms with van der Waals surface area (Å²) in [5.41, 5.74) is 1.54. The molecule has 1 aromatic heterocycles.